The molecule has 3 N–H and O–H groups in total. The molecule has 0 unspecified atom stereocenters. The van der Waals surface area contributed by atoms with Crippen LogP contribution < -0.4 is 11.1 Å². The van der Waals surface area contributed by atoms with Crippen molar-refractivity contribution in [3.8, 4) is 0 Å². The van der Waals surface area contributed by atoms with Crippen LogP contribution in [0.3, 0.4) is 0 Å². The molecule has 0 bridgehead atoms. The van der Waals surface area contributed by atoms with Crippen LogP contribution >= 0.6 is 0 Å². The van der Waals surface area contributed by atoms with Gasteiger partial charge in [-0.05, 0) is 42.0 Å². The fourth-order valence-electron chi connectivity index (χ4n) is 1.79. The first-order valence-corrected chi connectivity index (χ1v) is 6.36. The zero-order valence-corrected chi connectivity index (χ0v) is 11.4. The summed E-state index contributed by atoms with van der Waals surface area (Å²) in [5, 5.41) is 2.38. The highest BCUT2D eigenvalue weighted by molar-refractivity contribution is 6.02. The van der Waals surface area contributed by atoms with Crippen molar-refractivity contribution in [2.24, 2.45) is 0 Å². The van der Waals surface area contributed by atoms with Gasteiger partial charge in [-0.1, -0.05) is 18.2 Å². The van der Waals surface area contributed by atoms with E-state index in [-0.39, 0.29) is 5.69 Å². The zero-order valence-electron chi connectivity index (χ0n) is 11.4. The molecule has 2 aromatic carbocycles. The molecule has 0 aromatic heterocycles. The smallest absolute Gasteiger partial charge is 0.399 e. The summed E-state index contributed by atoms with van der Waals surface area (Å²) in [5.41, 5.74) is 6.15. The molecule has 0 aliphatic rings. The third-order valence-corrected chi connectivity index (χ3v) is 2.80. The standard InChI is InChI=1S/C16H13F3N2O/c17-16(18,19)12-4-2-6-14(10-12)21-15(22)8-7-11-3-1-5-13(20)9-11/h1-10H,20H2,(H,21,22)/b8-7+. The van der Waals surface area contributed by atoms with E-state index in [0.29, 0.717) is 5.69 Å². The van der Waals surface area contributed by atoms with E-state index in [0.717, 1.165) is 17.7 Å². The average molecular weight is 306 g/mol. The molecule has 0 atom stereocenters. The lowest BCUT2D eigenvalue weighted by Crippen LogP contribution is -2.10. The van der Waals surface area contributed by atoms with Gasteiger partial charge in [0.1, 0.15) is 0 Å². The van der Waals surface area contributed by atoms with Crippen LogP contribution in [0.15, 0.2) is 54.6 Å². The molecule has 22 heavy (non-hydrogen) atoms. The second-order valence-corrected chi connectivity index (χ2v) is 4.57. The first kappa shape index (κ1) is 15.6. The van der Waals surface area contributed by atoms with Crippen LogP contribution in [-0.2, 0) is 11.0 Å². The number of alkyl halides is 3. The molecule has 6 heteroatoms. The summed E-state index contributed by atoms with van der Waals surface area (Å²) >= 11 is 0. The number of rotatable bonds is 3. The van der Waals surface area contributed by atoms with Gasteiger partial charge in [0, 0.05) is 17.5 Å². The Morgan fingerprint density at radius 1 is 1.09 bits per heavy atom. The van der Waals surface area contributed by atoms with Gasteiger partial charge < -0.3 is 11.1 Å². The largest absolute Gasteiger partial charge is 0.416 e. The van der Waals surface area contributed by atoms with Gasteiger partial charge >= 0.3 is 6.18 Å². The molecule has 0 aliphatic heterocycles. The van der Waals surface area contributed by atoms with Crippen LogP contribution in [0, 0.1) is 0 Å². The number of nitrogens with one attached hydrogen (secondary N) is 1. The Balaban J connectivity index is 2.06. The Kier molecular flexibility index (Phi) is 4.50. The first-order chi connectivity index (χ1) is 10.3. The normalized spacial score (nSPS) is 11.6. The molecule has 0 saturated heterocycles. The zero-order chi connectivity index (χ0) is 16.2. The summed E-state index contributed by atoms with van der Waals surface area (Å²) in [6.07, 6.45) is -1.69. The fraction of sp³-hybridized carbons (Fsp3) is 0.0625. The van der Waals surface area contributed by atoms with Gasteiger partial charge in [-0.2, -0.15) is 13.2 Å². The van der Waals surface area contributed by atoms with Gasteiger partial charge in [0.2, 0.25) is 5.91 Å². The van der Waals surface area contributed by atoms with Gasteiger partial charge in [-0.25, -0.2) is 0 Å². The van der Waals surface area contributed by atoms with Gasteiger partial charge in [0.15, 0.2) is 0 Å². The quantitative estimate of drug-likeness (QED) is 0.666. The van der Waals surface area contributed by atoms with Crippen LogP contribution in [0.2, 0.25) is 0 Å². The van der Waals surface area contributed by atoms with Crippen LogP contribution in [0.1, 0.15) is 11.1 Å². The van der Waals surface area contributed by atoms with E-state index in [1.54, 1.807) is 24.3 Å². The number of anilines is 2. The lowest BCUT2D eigenvalue weighted by Gasteiger charge is -2.08. The molecule has 1 amide bonds. The SMILES string of the molecule is Nc1cccc(/C=C/C(=O)Nc2cccc(C(F)(F)F)c2)c1. The number of nitrogens with two attached hydrogens (primary N) is 1. The highest BCUT2D eigenvalue weighted by Gasteiger charge is 2.30. The van der Waals surface area contributed by atoms with E-state index in [4.69, 9.17) is 5.73 Å². The lowest BCUT2D eigenvalue weighted by molar-refractivity contribution is -0.137. The summed E-state index contributed by atoms with van der Waals surface area (Å²) in [6.45, 7) is 0. The summed E-state index contributed by atoms with van der Waals surface area (Å²) in [5.74, 6) is -0.526. The van der Waals surface area contributed by atoms with E-state index in [2.05, 4.69) is 5.32 Å². The maximum atomic E-state index is 12.6. The Morgan fingerprint density at radius 2 is 1.82 bits per heavy atom. The minimum Gasteiger partial charge on any atom is -0.399 e. The fourth-order valence-corrected chi connectivity index (χ4v) is 1.79. The maximum Gasteiger partial charge on any atom is 0.416 e. The molecule has 2 aromatic rings. The van der Waals surface area contributed by atoms with Crippen LogP contribution in [0.5, 0.6) is 0 Å². The van der Waals surface area contributed by atoms with Crippen molar-refractivity contribution in [1.29, 1.82) is 0 Å². The third kappa shape index (κ3) is 4.37. The molecule has 0 heterocycles. The minimum absolute atomic E-state index is 0.0806. The molecule has 0 radical (unpaired) electrons. The monoisotopic (exact) mass is 306 g/mol. The van der Waals surface area contributed by atoms with E-state index in [9.17, 15) is 18.0 Å². The minimum atomic E-state index is -4.45. The van der Waals surface area contributed by atoms with Crippen LogP contribution in [0.4, 0.5) is 24.5 Å². The Hall–Kier alpha value is -2.76. The number of amides is 1. The Bertz CT molecular complexity index is 709. The van der Waals surface area contributed by atoms with Crippen LogP contribution in [0.25, 0.3) is 6.08 Å². The van der Waals surface area contributed by atoms with Gasteiger partial charge in [0.25, 0.3) is 0 Å². The van der Waals surface area contributed by atoms with E-state index < -0.39 is 17.6 Å². The predicted octanol–water partition coefficient (Wildman–Crippen LogP) is 3.94. The third-order valence-electron chi connectivity index (χ3n) is 2.80. The van der Waals surface area contributed by atoms with Crippen molar-refractivity contribution in [3.05, 3.63) is 65.7 Å². The number of nitrogen functional groups attached to an aromatic ring is 1. The van der Waals surface area contributed by atoms with Crippen molar-refractivity contribution in [3.63, 3.8) is 0 Å². The maximum absolute atomic E-state index is 12.6. The molecular weight excluding hydrogens is 293 g/mol. The Labute approximate surface area is 125 Å². The lowest BCUT2D eigenvalue weighted by atomic mass is 10.2. The van der Waals surface area contributed by atoms with E-state index in [1.165, 1.54) is 24.3 Å². The number of carbonyl (C=O) groups excluding carboxylic acids is 1. The van der Waals surface area contributed by atoms with E-state index >= 15 is 0 Å². The van der Waals surface area contributed by atoms with Gasteiger partial charge in [0.05, 0.1) is 5.56 Å². The summed E-state index contributed by atoms with van der Waals surface area (Å²) < 4.78 is 37.7. The second kappa shape index (κ2) is 6.34. The predicted molar refractivity (Wildman–Crippen MR) is 80.0 cm³/mol. The number of carbonyl (C=O) groups is 1. The van der Waals surface area contributed by atoms with Crippen molar-refractivity contribution in [1.82, 2.24) is 0 Å². The van der Waals surface area contributed by atoms with Crippen molar-refractivity contribution < 1.29 is 18.0 Å². The average Bonchev–Trinajstić information content (AvgIpc) is 2.45. The molecule has 0 saturated carbocycles. The molecular formula is C16H13F3N2O. The van der Waals surface area contributed by atoms with Crippen molar-refractivity contribution in [2.45, 2.75) is 6.18 Å². The highest BCUT2D eigenvalue weighted by Crippen LogP contribution is 2.30. The number of benzene rings is 2. The second-order valence-electron chi connectivity index (χ2n) is 4.57. The number of hydrogen-bond acceptors (Lipinski definition) is 2. The highest BCUT2D eigenvalue weighted by atomic mass is 19.4. The molecule has 114 valence electrons. The number of halogens is 3. The van der Waals surface area contributed by atoms with Crippen molar-refractivity contribution >= 4 is 23.4 Å². The van der Waals surface area contributed by atoms with Crippen molar-refractivity contribution in [2.75, 3.05) is 11.1 Å². The first-order valence-electron chi connectivity index (χ1n) is 6.36. The topological polar surface area (TPSA) is 55.1 Å². The van der Waals surface area contributed by atoms with Crippen LogP contribution in [-0.4, -0.2) is 5.91 Å². The van der Waals surface area contributed by atoms with Gasteiger partial charge in [-0.3, -0.25) is 4.79 Å². The summed E-state index contributed by atoms with van der Waals surface area (Å²) in [4.78, 5) is 11.7. The van der Waals surface area contributed by atoms with Gasteiger partial charge in [-0.15, -0.1) is 0 Å². The number of hydrogen-bond donors (Lipinski definition) is 2. The molecule has 2 rings (SSSR count). The molecule has 0 aliphatic carbocycles. The Morgan fingerprint density at radius 3 is 2.50 bits per heavy atom. The summed E-state index contributed by atoms with van der Waals surface area (Å²) in [7, 11) is 0. The molecule has 3 nitrogen and oxygen atoms in total. The molecule has 0 fully saturated rings. The van der Waals surface area contributed by atoms with E-state index in [1.807, 2.05) is 0 Å². The molecule has 0 spiro atoms. The summed E-state index contributed by atoms with van der Waals surface area (Å²) in [6, 6.07) is 11.3.